The number of hydrogen-bond donors (Lipinski definition) is 2. The normalized spacial score (nSPS) is 13.9. The maximum absolute atomic E-state index is 11.2. The zero-order valence-corrected chi connectivity index (χ0v) is 14.1. The second-order valence-corrected chi connectivity index (χ2v) is 6.43. The van der Waals surface area contributed by atoms with Crippen LogP contribution in [0.1, 0.15) is 30.4 Å². The molecule has 0 amide bonds. The van der Waals surface area contributed by atoms with Crippen molar-refractivity contribution in [3.05, 3.63) is 65.7 Å². The number of rotatable bonds is 8. The van der Waals surface area contributed by atoms with Crippen LogP contribution in [0.3, 0.4) is 0 Å². The van der Waals surface area contributed by atoms with E-state index < -0.39 is 5.60 Å². The van der Waals surface area contributed by atoms with Crippen LogP contribution in [-0.2, 0) is 12.0 Å². The maximum Gasteiger partial charge on any atom is 0.118 e. The molecule has 2 rings (SSSR count). The first kappa shape index (κ1) is 17.5. The largest absolute Gasteiger partial charge is 0.508 e. The van der Waals surface area contributed by atoms with Gasteiger partial charge in [-0.3, -0.25) is 0 Å². The minimum Gasteiger partial charge on any atom is -0.508 e. The quantitative estimate of drug-likeness (QED) is 0.783. The Morgan fingerprint density at radius 1 is 0.913 bits per heavy atom. The van der Waals surface area contributed by atoms with Gasteiger partial charge in [0.15, 0.2) is 0 Å². The Balaban J connectivity index is 2.11. The number of aryl methyl sites for hydroxylation is 1. The lowest BCUT2D eigenvalue weighted by Crippen LogP contribution is -2.28. The van der Waals surface area contributed by atoms with Crippen LogP contribution in [0.5, 0.6) is 5.75 Å². The van der Waals surface area contributed by atoms with Crippen LogP contribution in [0.4, 0.5) is 0 Å². The molecule has 3 nitrogen and oxygen atoms in total. The smallest absolute Gasteiger partial charge is 0.118 e. The summed E-state index contributed by atoms with van der Waals surface area (Å²) in [7, 11) is 4.09. The van der Waals surface area contributed by atoms with Crippen LogP contribution in [0.25, 0.3) is 0 Å². The molecular weight excluding hydrogens is 286 g/mol. The second kappa shape index (κ2) is 8.14. The first-order chi connectivity index (χ1) is 11.0. The van der Waals surface area contributed by atoms with Crippen LogP contribution in [0.15, 0.2) is 54.6 Å². The number of hydrogen-bond acceptors (Lipinski definition) is 3. The predicted octanol–water partition coefficient (Wildman–Crippen LogP) is 3.55. The van der Waals surface area contributed by atoms with Crippen LogP contribution >= 0.6 is 0 Å². The van der Waals surface area contributed by atoms with E-state index in [2.05, 4.69) is 4.90 Å². The Labute approximate surface area is 139 Å². The lowest BCUT2D eigenvalue weighted by atomic mass is 9.83. The topological polar surface area (TPSA) is 43.7 Å². The van der Waals surface area contributed by atoms with Crippen LogP contribution in [0, 0.1) is 0 Å². The van der Waals surface area contributed by atoms with Gasteiger partial charge in [0.25, 0.3) is 0 Å². The van der Waals surface area contributed by atoms with Gasteiger partial charge in [-0.15, -0.1) is 0 Å². The third kappa shape index (κ3) is 5.08. The van der Waals surface area contributed by atoms with Crippen LogP contribution < -0.4 is 0 Å². The van der Waals surface area contributed by atoms with Crippen molar-refractivity contribution in [2.75, 3.05) is 20.6 Å². The summed E-state index contributed by atoms with van der Waals surface area (Å²) in [6.45, 7) is 0.950. The Kier molecular flexibility index (Phi) is 6.20. The molecule has 0 radical (unpaired) electrons. The molecule has 0 aromatic heterocycles. The minimum absolute atomic E-state index is 0.302. The summed E-state index contributed by atoms with van der Waals surface area (Å²) in [5.74, 6) is 0.302. The van der Waals surface area contributed by atoms with E-state index in [0.29, 0.717) is 25.0 Å². The van der Waals surface area contributed by atoms with E-state index in [0.717, 1.165) is 24.1 Å². The number of aromatic hydroxyl groups is 1. The van der Waals surface area contributed by atoms with E-state index in [9.17, 15) is 10.2 Å². The number of phenolic OH excluding ortho intramolecular Hbond substituents is 1. The zero-order chi connectivity index (χ0) is 16.7. The summed E-state index contributed by atoms with van der Waals surface area (Å²) in [5, 5.41) is 21.2. The first-order valence-electron chi connectivity index (χ1n) is 8.21. The zero-order valence-electron chi connectivity index (χ0n) is 14.1. The number of benzene rings is 2. The van der Waals surface area contributed by atoms with Crippen LogP contribution in [0.2, 0.25) is 0 Å². The second-order valence-electron chi connectivity index (χ2n) is 6.43. The van der Waals surface area contributed by atoms with Gasteiger partial charge in [0.05, 0.1) is 5.60 Å². The van der Waals surface area contributed by atoms with E-state index in [4.69, 9.17) is 0 Å². The van der Waals surface area contributed by atoms with Crippen molar-refractivity contribution in [1.29, 1.82) is 0 Å². The van der Waals surface area contributed by atoms with Crippen molar-refractivity contribution in [2.24, 2.45) is 0 Å². The molecule has 0 saturated carbocycles. The molecule has 2 aromatic carbocycles. The summed E-state index contributed by atoms with van der Waals surface area (Å²) < 4.78 is 0. The summed E-state index contributed by atoms with van der Waals surface area (Å²) in [4.78, 5) is 2.13. The Morgan fingerprint density at radius 2 is 1.57 bits per heavy atom. The molecule has 0 fully saturated rings. The van der Waals surface area contributed by atoms with Crippen molar-refractivity contribution in [1.82, 2.24) is 4.90 Å². The molecule has 0 heterocycles. The first-order valence-corrected chi connectivity index (χ1v) is 8.21. The van der Waals surface area contributed by atoms with E-state index in [1.54, 1.807) is 6.07 Å². The Hall–Kier alpha value is -1.84. The number of nitrogens with zero attached hydrogens (tertiary/aromatic N) is 1. The monoisotopic (exact) mass is 313 g/mol. The van der Waals surface area contributed by atoms with Gasteiger partial charge < -0.3 is 15.1 Å². The molecule has 0 aliphatic carbocycles. The molecule has 0 bridgehead atoms. The third-order valence-corrected chi connectivity index (χ3v) is 4.31. The number of para-hydroxylation sites is 1. The molecule has 0 saturated heterocycles. The fourth-order valence-electron chi connectivity index (χ4n) is 2.91. The molecule has 2 N–H and O–H groups in total. The van der Waals surface area contributed by atoms with Gasteiger partial charge in [0, 0.05) is 0 Å². The van der Waals surface area contributed by atoms with E-state index in [1.807, 2.05) is 62.6 Å². The van der Waals surface area contributed by atoms with E-state index in [1.165, 1.54) is 0 Å². The molecular formula is C20H27NO2. The van der Waals surface area contributed by atoms with E-state index in [-0.39, 0.29) is 0 Å². The number of phenols is 1. The maximum atomic E-state index is 11.2. The molecule has 0 spiro atoms. The van der Waals surface area contributed by atoms with Gasteiger partial charge in [0.1, 0.15) is 5.75 Å². The molecule has 0 aliphatic heterocycles. The van der Waals surface area contributed by atoms with Gasteiger partial charge in [0.2, 0.25) is 0 Å². The summed E-state index contributed by atoms with van der Waals surface area (Å²) in [6.07, 6.45) is 2.89. The highest BCUT2D eigenvalue weighted by atomic mass is 16.3. The van der Waals surface area contributed by atoms with Gasteiger partial charge in [-0.05, 0) is 63.5 Å². The van der Waals surface area contributed by atoms with E-state index >= 15 is 0 Å². The van der Waals surface area contributed by atoms with Crippen molar-refractivity contribution < 1.29 is 10.2 Å². The molecule has 0 aliphatic rings. The van der Waals surface area contributed by atoms with Crippen molar-refractivity contribution in [2.45, 2.75) is 31.3 Å². The molecule has 3 heteroatoms. The van der Waals surface area contributed by atoms with Crippen molar-refractivity contribution in [3.8, 4) is 5.75 Å². The Bertz CT molecular complexity index is 598. The van der Waals surface area contributed by atoms with Crippen molar-refractivity contribution in [3.63, 3.8) is 0 Å². The summed E-state index contributed by atoms with van der Waals surface area (Å²) in [5.41, 5.74) is 0.975. The van der Waals surface area contributed by atoms with Crippen LogP contribution in [-0.4, -0.2) is 35.8 Å². The molecule has 124 valence electrons. The summed E-state index contributed by atoms with van der Waals surface area (Å²) in [6, 6.07) is 17.2. The third-order valence-electron chi connectivity index (χ3n) is 4.31. The van der Waals surface area contributed by atoms with Gasteiger partial charge in [-0.2, -0.15) is 0 Å². The SMILES string of the molecule is CN(C)CCCC(O)(CCc1ccccc1O)c1ccccc1. The highest BCUT2D eigenvalue weighted by Crippen LogP contribution is 2.32. The molecule has 23 heavy (non-hydrogen) atoms. The average molecular weight is 313 g/mol. The highest BCUT2D eigenvalue weighted by molar-refractivity contribution is 5.32. The van der Waals surface area contributed by atoms with Gasteiger partial charge in [-0.25, -0.2) is 0 Å². The average Bonchev–Trinajstić information content (AvgIpc) is 2.54. The molecule has 1 unspecified atom stereocenters. The Morgan fingerprint density at radius 3 is 2.22 bits per heavy atom. The van der Waals surface area contributed by atoms with Crippen molar-refractivity contribution >= 4 is 0 Å². The number of aliphatic hydroxyl groups is 1. The predicted molar refractivity (Wildman–Crippen MR) is 94.6 cm³/mol. The minimum atomic E-state index is -0.862. The van der Waals surface area contributed by atoms with Gasteiger partial charge >= 0.3 is 0 Å². The lowest BCUT2D eigenvalue weighted by Gasteiger charge is -2.29. The molecule has 1 atom stereocenters. The fraction of sp³-hybridized carbons (Fsp3) is 0.400. The standard InChI is InChI=1S/C20H27NO2/c1-21(2)16-8-14-20(23,18-10-4-3-5-11-18)15-13-17-9-6-7-12-19(17)22/h3-7,9-12,22-23H,8,13-16H2,1-2H3. The molecule has 2 aromatic rings. The summed E-state index contributed by atoms with van der Waals surface area (Å²) >= 11 is 0. The lowest BCUT2D eigenvalue weighted by molar-refractivity contribution is 0.0151. The highest BCUT2D eigenvalue weighted by Gasteiger charge is 2.28. The fourth-order valence-corrected chi connectivity index (χ4v) is 2.91. The van der Waals surface area contributed by atoms with Gasteiger partial charge in [-0.1, -0.05) is 48.5 Å².